The number of aryl methyl sites for hydroxylation is 1. The van der Waals surface area contributed by atoms with Crippen molar-refractivity contribution in [3.8, 4) is 0 Å². The van der Waals surface area contributed by atoms with Crippen LogP contribution in [-0.2, 0) is 23.6 Å². The molecule has 1 heterocycles. The van der Waals surface area contributed by atoms with Crippen LogP contribution in [0.2, 0.25) is 0 Å². The summed E-state index contributed by atoms with van der Waals surface area (Å²) in [6, 6.07) is 0. The molecule has 0 radical (unpaired) electrons. The summed E-state index contributed by atoms with van der Waals surface area (Å²) in [5.74, 6) is 0.569. The summed E-state index contributed by atoms with van der Waals surface area (Å²) in [5.41, 5.74) is 4.77. The lowest BCUT2D eigenvalue weighted by Crippen LogP contribution is -2.27. The third kappa shape index (κ3) is 2.78. The molecule has 0 saturated carbocycles. The van der Waals surface area contributed by atoms with E-state index in [-0.39, 0.29) is 6.54 Å². The summed E-state index contributed by atoms with van der Waals surface area (Å²) in [5, 5.41) is 7.64. The Morgan fingerprint density at radius 2 is 1.50 bits per heavy atom. The van der Waals surface area contributed by atoms with E-state index in [1.807, 2.05) is 34.6 Å². The predicted octanol–water partition coefficient (Wildman–Crippen LogP) is 1.84. The van der Waals surface area contributed by atoms with E-state index >= 15 is 0 Å². The van der Waals surface area contributed by atoms with Crippen LogP contribution in [0, 0.1) is 34.6 Å². The summed E-state index contributed by atoms with van der Waals surface area (Å²) in [6.07, 6.45) is 1.54. The maximum absolute atomic E-state index is 12.7. The average molecular weight is 322 g/mol. The number of hydrogen-bond donors (Lipinski definition) is 1. The molecule has 22 heavy (non-hydrogen) atoms. The normalized spacial score (nSPS) is 11.9. The highest BCUT2D eigenvalue weighted by molar-refractivity contribution is 7.89. The second-order valence-electron chi connectivity index (χ2n) is 5.64. The summed E-state index contributed by atoms with van der Waals surface area (Å²) in [6.45, 7) is 9.76. The Bertz CT molecular complexity index is 793. The zero-order valence-corrected chi connectivity index (χ0v) is 14.7. The van der Waals surface area contributed by atoms with Gasteiger partial charge in [0.1, 0.15) is 12.2 Å². The Hall–Kier alpha value is -1.73. The van der Waals surface area contributed by atoms with Crippen molar-refractivity contribution in [2.24, 2.45) is 7.05 Å². The zero-order valence-electron chi connectivity index (χ0n) is 13.9. The van der Waals surface area contributed by atoms with Gasteiger partial charge in [0.05, 0.1) is 11.4 Å². The quantitative estimate of drug-likeness (QED) is 0.932. The van der Waals surface area contributed by atoms with Crippen LogP contribution in [0.1, 0.15) is 33.6 Å². The van der Waals surface area contributed by atoms with Crippen molar-refractivity contribution >= 4 is 10.0 Å². The Morgan fingerprint density at radius 1 is 1.00 bits per heavy atom. The van der Waals surface area contributed by atoms with Gasteiger partial charge >= 0.3 is 0 Å². The SMILES string of the molecule is Cc1c(C)c(C)c(S(=O)(=O)NCc2nncn2C)c(C)c1C. The van der Waals surface area contributed by atoms with E-state index in [4.69, 9.17) is 0 Å². The minimum atomic E-state index is -3.61. The van der Waals surface area contributed by atoms with Crippen LogP contribution in [0.4, 0.5) is 0 Å². The fourth-order valence-electron chi connectivity index (χ4n) is 2.57. The Morgan fingerprint density at radius 3 is 1.95 bits per heavy atom. The molecule has 7 heteroatoms. The molecule has 0 atom stereocenters. The molecule has 6 nitrogen and oxygen atoms in total. The van der Waals surface area contributed by atoms with Gasteiger partial charge in [0, 0.05) is 7.05 Å². The van der Waals surface area contributed by atoms with Crippen molar-refractivity contribution in [1.29, 1.82) is 0 Å². The van der Waals surface area contributed by atoms with Gasteiger partial charge in [-0.25, -0.2) is 13.1 Å². The number of aromatic nitrogens is 3. The monoisotopic (exact) mass is 322 g/mol. The van der Waals surface area contributed by atoms with Gasteiger partial charge in [0.25, 0.3) is 0 Å². The lowest BCUT2D eigenvalue weighted by atomic mass is 9.95. The van der Waals surface area contributed by atoms with Gasteiger partial charge < -0.3 is 4.57 Å². The highest BCUT2D eigenvalue weighted by Crippen LogP contribution is 2.29. The van der Waals surface area contributed by atoms with Crippen LogP contribution in [0.5, 0.6) is 0 Å². The zero-order chi connectivity index (χ0) is 16.7. The van der Waals surface area contributed by atoms with Gasteiger partial charge in [-0.1, -0.05) is 0 Å². The number of nitrogens with zero attached hydrogens (tertiary/aromatic N) is 3. The molecule has 2 rings (SSSR count). The van der Waals surface area contributed by atoms with Crippen molar-refractivity contribution in [1.82, 2.24) is 19.5 Å². The van der Waals surface area contributed by atoms with Crippen molar-refractivity contribution in [3.05, 3.63) is 40.0 Å². The number of nitrogens with one attached hydrogen (secondary N) is 1. The first-order valence-electron chi connectivity index (χ1n) is 7.06. The summed E-state index contributed by atoms with van der Waals surface area (Å²) in [7, 11) is -1.83. The fraction of sp³-hybridized carbons (Fsp3) is 0.467. The largest absolute Gasteiger partial charge is 0.320 e. The maximum Gasteiger partial charge on any atom is 0.241 e. The molecule has 0 saturated heterocycles. The number of sulfonamides is 1. The van der Waals surface area contributed by atoms with Crippen LogP contribution < -0.4 is 4.72 Å². The second-order valence-corrected chi connectivity index (χ2v) is 7.34. The van der Waals surface area contributed by atoms with Crippen LogP contribution >= 0.6 is 0 Å². The van der Waals surface area contributed by atoms with Gasteiger partial charge in [0.15, 0.2) is 0 Å². The van der Waals surface area contributed by atoms with Crippen molar-refractivity contribution < 1.29 is 8.42 Å². The summed E-state index contributed by atoms with van der Waals surface area (Å²) in [4.78, 5) is 0.371. The number of benzene rings is 1. The highest BCUT2D eigenvalue weighted by atomic mass is 32.2. The lowest BCUT2D eigenvalue weighted by Gasteiger charge is -2.18. The number of rotatable bonds is 4. The third-order valence-corrected chi connectivity index (χ3v) is 6.10. The standard InChI is InChI=1S/C15H22N4O2S/c1-9-10(2)12(4)15(13(5)11(9)3)22(20,21)17-7-14-18-16-8-19(14)6/h8,17H,7H2,1-6H3. The highest BCUT2D eigenvalue weighted by Gasteiger charge is 2.23. The Kier molecular flexibility index (Phi) is 4.39. The molecular formula is C15H22N4O2S. The first-order valence-corrected chi connectivity index (χ1v) is 8.54. The lowest BCUT2D eigenvalue weighted by molar-refractivity contribution is 0.575. The predicted molar refractivity (Wildman–Crippen MR) is 85.2 cm³/mol. The average Bonchev–Trinajstić information content (AvgIpc) is 2.86. The molecule has 2 aromatic rings. The van der Waals surface area contributed by atoms with Gasteiger partial charge in [0.2, 0.25) is 10.0 Å². The van der Waals surface area contributed by atoms with E-state index in [9.17, 15) is 8.42 Å². The van der Waals surface area contributed by atoms with Gasteiger partial charge in [-0.05, 0) is 62.4 Å². The molecule has 0 bridgehead atoms. The fourth-order valence-corrected chi connectivity index (χ4v) is 4.14. The molecule has 0 unspecified atom stereocenters. The van der Waals surface area contributed by atoms with E-state index in [2.05, 4.69) is 14.9 Å². The molecular weight excluding hydrogens is 300 g/mol. The maximum atomic E-state index is 12.7. The van der Waals surface area contributed by atoms with E-state index in [0.29, 0.717) is 10.7 Å². The van der Waals surface area contributed by atoms with Gasteiger partial charge in [-0.15, -0.1) is 10.2 Å². The number of hydrogen-bond acceptors (Lipinski definition) is 4. The Balaban J connectivity index is 2.44. The molecule has 1 aromatic carbocycles. The second kappa shape index (κ2) is 5.81. The Labute approximate surface area is 131 Å². The van der Waals surface area contributed by atoms with E-state index < -0.39 is 10.0 Å². The molecule has 0 fully saturated rings. The van der Waals surface area contributed by atoms with E-state index in [1.165, 1.54) is 0 Å². The first-order chi connectivity index (χ1) is 10.2. The first kappa shape index (κ1) is 16.6. The minimum Gasteiger partial charge on any atom is -0.320 e. The van der Waals surface area contributed by atoms with Crippen LogP contribution in [-0.4, -0.2) is 23.2 Å². The topological polar surface area (TPSA) is 76.9 Å². The van der Waals surface area contributed by atoms with Crippen LogP contribution in [0.15, 0.2) is 11.2 Å². The minimum absolute atomic E-state index is 0.115. The van der Waals surface area contributed by atoms with Crippen molar-refractivity contribution in [2.75, 3.05) is 0 Å². The third-order valence-electron chi connectivity index (χ3n) is 4.43. The van der Waals surface area contributed by atoms with Gasteiger partial charge in [-0.2, -0.15) is 0 Å². The molecule has 1 N–H and O–H groups in total. The van der Waals surface area contributed by atoms with Crippen LogP contribution in [0.3, 0.4) is 0 Å². The molecule has 0 aliphatic heterocycles. The van der Waals surface area contributed by atoms with E-state index in [1.54, 1.807) is 17.9 Å². The van der Waals surface area contributed by atoms with Crippen molar-refractivity contribution in [2.45, 2.75) is 46.1 Å². The molecule has 0 aliphatic rings. The smallest absolute Gasteiger partial charge is 0.241 e. The molecule has 120 valence electrons. The van der Waals surface area contributed by atoms with Gasteiger partial charge in [-0.3, -0.25) is 0 Å². The summed E-state index contributed by atoms with van der Waals surface area (Å²) < 4.78 is 29.8. The molecule has 0 amide bonds. The summed E-state index contributed by atoms with van der Waals surface area (Å²) >= 11 is 0. The molecule has 0 aliphatic carbocycles. The van der Waals surface area contributed by atoms with Crippen LogP contribution in [0.25, 0.3) is 0 Å². The van der Waals surface area contributed by atoms with E-state index in [0.717, 1.165) is 27.8 Å². The molecule has 1 aromatic heterocycles. The molecule has 0 spiro atoms. The van der Waals surface area contributed by atoms with Crippen molar-refractivity contribution in [3.63, 3.8) is 0 Å².